The maximum absolute atomic E-state index is 11.0. The molecule has 0 bridgehead atoms. The standard InChI is InChI=1S/C15H18N2O2S/c1-20-12-4-2-3-11(8-12)17-9-16-13-7-10(15(18)19)5-6-14(13)17/h5-7,9,11-12H,2-4,8H2,1H3,(H,18,19). The monoisotopic (exact) mass is 290 g/mol. The van der Waals surface area contributed by atoms with Crippen molar-refractivity contribution >= 4 is 28.8 Å². The van der Waals surface area contributed by atoms with E-state index in [0.717, 1.165) is 16.3 Å². The van der Waals surface area contributed by atoms with Crippen molar-refractivity contribution in [2.45, 2.75) is 37.0 Å². The van der Waals surface area contributed by atoms with E-state index in [1.54, 1.807) is 12.1 Å². The molecule has 1 aromatic carbocycles. The molecule has 0 saturated heterocycles. The van der Waals surface area contributed by atoms with E-state index >= 15 is 0 Å². The van der Waals surface area contributed by atoms with Crippen LogP contribution in [0, 0.1) is 0 Å². The number of carbonyl (C=O) groups is 1. The quantitative estimate of drug-likeness (QED) is 0.938. The highest BCUT2D eigenvalue weighted by atomic mass is 32.2. The van der Waals surface area contributed by atoms with Gasteiger partial charge in [0.1, 0.15) is 0 Å². The topological polar surface area (TPSA) is 55.1 Å². The Morgan fingerprint density at radius 1 is 1.45 bits per heavy atom. The van der Waals surface area contributed by atoms with Crippen molar-refractivity contribution in [3.63, 3.8) is 0 Å². The highest BCUT2D eigenvalue weighted by molar-refractivity contribution is 7.99. The van der Waals surface area contributed by atoms with Gasteiger partial charge in [0, 0.05) is 11.3 Å². The summed E-state index contributed by atoms with van der Waals surface area (Å²) in [6.45, 7) is 0. The maximum atomic E-state index is 11.0. The van der Waals surface area contributed by atoms with Crippen molar-refractivity contribution in [2.24, 2.45) is 0 Å². The molecule has 3 rings (SSSR count). The van der Waals surface area contributed by atoms with Crippen LogP contribution in [-0.4, -0.2) is 32.1 Å². The van der Waals surface area contributed by atoms with Gasteiger partial charge in [0.05, 0.1) is 22.9 Å². The second kappa shape index (κ2) is 5.48. The third kappa shape index (κ3) is 2.42. The molecule has 0 amide bonds. The van der Waals surface area contributed by atoms with E-state index in [-0.39, 0.29) is 0 Å². The predicted octanol–water partition coefficient (Wildman–Crippen LogP) is 3.58. The minimum atomic E-state index is -0.901. The number of carboxylic acids is 1. The van der Waals surface area contributed by atoms with Gasteiger partial charge in [0.15, 0.2) is 0 Å². The first-order valence-electron chi connectivity index (χ1n) is 6.91. The van der Waals surface area contributed by atoms with Crippen LogP contribution < -0.4 is 0 Å². The Labute approximate surface area is 122 Å². The number of nitrogens with zero attached hydrogens (tertiary/aromatic N) is 2. The fraction of sp³-hybridized carbons (Fsp3) is 0.467. The minimum Gasteiger partial charge on any atom is -0.478 e. The summed E-state index contributed by atoms with van der Waals surface area (Å²) >= 11 is 1.95. The highest BCUT2D eigenvalue weighted by Crippen LogP contribution is 2.35. The van der Waals surface area contributed by atoms with E-state index in [1.807, 2.05) is 24.2 Å². The second-order valence-corrected chi connectivity index (χ2v) is 6.48. The van der Waals surface area contributed by atoms with Gasteiger partial charge in [-0.3, -0.25) is 0 Å². The van der Waals surface area contributed by atoms with Crippen LogP contribution in [0.25, 0.3) is 11.0 Å². The average molecular weight is 290 g/mol. The third-order valence-electron chi connectivity index (χ3n) is 4.15. The van der Waals surface area contributed by atoms with E-state index in [1.165, 1.54) is 25.7 Å². The Morgan fingerprint density at radius 3 is 3.05 bits per heavy atom. The second-order valence-electron chi connectivity index (χ2n) is 5.34. The lowest BCUT2D eigenvalue weighted by Crippen LogP contribution is -2.20. The minimum absolute atomic E-state index is 0.299. The molecule has 4 nitrogen and oxygen atoms in total. The van der Waals surface area contributed by atoms with E-state index in [9.17, 15) is 4.79 Å². The lowest BCUT2D eigenvalue weighted by Gasteiger charge is -2.29. The van der Waals surface area contributed by atoms with Crippen LogP contribution in [0.15, 0.2) is 24.5 Å². The molecule has 1 saturated carbocycles. The van der Waals surface area contributed by atoms with E-state index < -0.39 is 5.97 Å². The molecular formula is C15H18N2O2S. The first-order chi connectivity index (χ1) is 9.69. The van der Waals surface area contributed by atoms with Gasteiger partial charge in [0.2, 0.25) is 0 Å². The summed E-state index contributed by atoms with van der Waals surface area (Å²) in [5.74, 6) is -0.901. The van der Waals surface area contributed by atoms with Crippen LogP contribution in [0.5, 0.6) is 0 Å². The van der Waals surface area contributed by atoms with Gasteiger partial charge in [-0.1, -0.05) is 6.42 Å². The number of hydrogen-bond donors (Lipinski definition) is 1. The van der Waals surface area contributed by atoms with Crippen molar-refractivity contribution in [3.05, 3.63) is 30.1 Å². The van der Waals surface area contributed by atoms with Crippen LogP contribution in [0.3, 0.4) is 0 Å². The van der Waals surface area contributed by atoms with E-state index in [4.69, 9.17) is 5.11 Å². The number of rotatable bonds is 3. The Kier molecular flexibility index (Phi) is 3.70. The van der Waals surface area contributed by atoms with Gasteiger partial charge in [-0.25, -0.2) is 9.78 Å². The lowest BCUT2D eigenvalue weighted by atomic mass is 9.94. The lowest BCUT2D eigenvalue weighted by molar-refractivity contribution is 0.0697. The summed E-state index contributed by atoms with van der Waals surface area (Å²) in [6.07, 6.45) is 8.95. The molecule has 1 N–H and O–H groups in total. The van der Waals surface area contributed by atoms with Gasteiger partial charge in [-0.2, -0.15) is 11.8 Å². The van der Waals surface area contributed by atoms with Gasteiger partial charge in [0.25, 0.3) is 0 Å². The van der Waals surface area contributed by atoms with Crippen LogP contribution >= 0.6 is 11.8 Å². The number of carboxylic acid groups (broad SMARTS) is 1. The smallest absolute Gasteiger partial charge is 0.335 e. The molecule has 0 spiro atoms. The van der Waals surface area contributed by atoms with E-state index in [2.05, 4.69) is 15.8 Å². The number of thioether (sulfide) groups is 1. The summed E-state index contributed by atoms with van der Waals surface area (Å²) in [7, 11) is 0. The number of aromatic nitrogens is 2. The molecule has 1 aliphatic rings. The molecule has 0 aliphatic heterocycles. The van der Waals surface area contributed by atoms with Gasteiger partial charge < -0.3 is 9.67 Å². The molecule has 1 aromatic heterocycles. The summed E-state index contributed by atoms with van der Waals surface area (Å²) in [5.41, 5.74) is 2.12. The molecule has 1 heterocycles. The Hall–Kier alpha value is -1.49. The number of hydrogen-bond acceptors (Lipinski definition) is 3. The fourth-order valence-electron chi connectivity index (χ4n) is 3.04. The SMILES string of the molecule is CSC1CCCC(n2cnc3cc(C(=O)O)ccc32)C1. The van der Waals surface area contributed by atoms with Crippen molar-refractivity contribution in [1.82, 2.24) is 9.55 Å². The fourth-order valence-corrected chi connectivity index (χ4v) is 3.86. The molecule has 106 valence electrons. The highest BCUT2D eigenvalue weighted by Gasteiger charge is 2.23. The Bertz CT molecular complexity index is 638. The van der Waals surface area contributed by atoms with Crippen molar-refractivity contribution in [3.8, 4) is 0 Å². The molecule has 2 unspecified atom stereocenters. The molecule has 2 aromatic rings. The molecule has 2 atom stereocenters. The summed E-state index contributed by atoms with van der Waals surface area (Å²) in [4.78, 5) is 15.4. The molecule has 0 radical (unpaired) electrons. The first-order valence-corrected chi connectivity index (χ1v) is 8.20. The van der Waals surface area contributed by atoms with Crippen molar-refractivity contribution < 1.29 is 9.90 Å². The molecule has 1 aliphatic carbocycles. The zero-order valence-corrected chi connectivity index (χ0v) is 12.3. The summed E-state index contributed by atoms with van der Waals surface area (Å²) in [5, 5.41) is 9.76. The number of imidazole rings is 1. The van der Waals surface area contributed by atoms with E-state index in [0.29, 0.717) is 11.6 Å². The summed E-state index contributed by atoms with van der Waals surface area (Å²) in [6, 6.07) is 5.69. The van der Waals surface area contributed by atoms with Gasteiger partial charge in [-0.15, -0.1) is 0 Å². The third-order valence-corrected chi connectivity index (χ3v) is 5.24. The number of benzene rings is 1. The average Bonchev–Trinajstić information content (AvgIpc) is 2.90. The van der Waals surface area contributed by atoms with Crippen LogP contribution in [-0.2, 0) is 0 Å². The largest absolute Gasteiger partial charge is 0.478 e. The molecule has 20 heavy (non-hydrogen) atoms. The van der Waals surface area contributed by atoms with Crippen LogP contribution in [0.4, 0.5) is 0 Å². The molecule has 5 heteroatoms. The zero-order valence-electron chi connectivity index (χ0n) is 11.5. The number of aromatic carboxylic acids is 1. The van der Waals surface area contributed by atoms with Crippen molar-refractivity contribution in [2.75, 3.05) is 6.26 Å². The maximum Gasteiger partial charge on any atom is 0.335 e. The first kappa shape index (κ1) is 13.5. The van der Waals surface area contributed by atoms with Crippen LogP contribution in [0.2, 0.25) is 0 Å². The number of fused-ring (bicyclic) bond motifs is 1. The van der Waals surface area contributed by atoms with Gasteiger partial charge >= 0.3 is 5.97 Å². The predicted molar refractivity (Wildman–Crippen MR) is 81.5 cm³/mol. The molecule has 1 fully saturated rings. The Morgan fingerprint density at radius 2 is 2.30 bits per heavy atom. The van der Waals surface area contributed by atoms with Crippen molar-refractivity contribution in [1.29, 1.82) is 0 Å². The normalized spacial score (nSPS) is 23.1. The van der Waals surface area contributed by atoms with Crippen LogP contribution in [0.1, 0.15) is 42.1 Å². The zero-order chi connectivity index (χ0) is 14.1. The van der Waals surface area contributed by atoms with Gasteiger partial charge in [-0.05, 0) is 43.7 Å². The Balaban J connectivity index is 1.94. The summed E-state index contributed by atoms with van der Waals surface area (Å²) < 4.78 is 2.23. The molecular weight excluding hydrogens is 272 g/mol.